The second-order valence-corrected chi connectivity index (χ2v) is 1.87. The molecule has 2 N–H and O–H groups in total. The van der Waals surface area contributed by atoms with E-state index in [1.165, 1.54) is 0 Å². The second kappa shape index (κ2) is 3.29. The van der Waals surface area contributed by atoms with Crippen LogP contribution in [0.3, 0.4) is 0 Å². The van der Waals surface area contributed by atoms with Gasteiger partial charge in [0.25, 0.3) is 0 Å². The zero-order valence-corrected chi connectivity index (χ0v) is 5.31. The van der Waals surface area contributed by atoms with Gasteiger partial charge in [0, 0.05) is 12.4 Å². The number of pyridine rings is 1. The van der Waals surface area contributed by atoms with Gasteiger partial charge < -0.3 is 10.2 Å². The maximum absolute atomic E-state index is 9.00. The number of hydrogen-bond acceptors (Lipinski definition) is 3. The molecule has 1 rings (SSSR count). The highest BCUT2D eigenvalue weighted by Crippen LogP contribution is 2.11. The highest BCUT2D eigenvalue weighted by molar-refractivity contribution is 5.14. The highest BCUT2D eigenvalue weighted by atomic mass is 16.3. The molecule has 1 atom stereocenters. The van der Waals surface area contributed by atoms with Crippen LogP contribution in [0.1, 0.15) is 11.7 Å². The van der Waals surface area contributed by atoms with Crippen molar-refractivity contribution in [3.63, 3.8) is 0 Å². The summed E-state index contributed by atoms with van der Waals surface area (Å²) >= 11 is 0. The van der Waals surface area contributed by atoms with Crippen LogP contribution < -0.4 is 0 Å². The van der Waals surface area contributed by atoms with Crippen molar-refractivity contribution in [1.82, 2.24) is 4.98 Å². The summed E-state index contributed by atoms with van der Waals surface area (Å²) in [5, 5.41) is 17.4. The van der Waals surface area contributed by atoms with Crippen LogP contribution in [-0.2, 0) is 0 Å². The van der Waals surface area contributed by atoms with Gasteiger partial charge in [-0.25, -0.2) is 0 Å². The van der Waals surface area contributed by atoms with E-state index in [4.69, 9.17) is 10.2 Å². The van der Waals surface area contributed by atoms with E-state index in [1.807, 2.05) is 0 Å². The van der Waals surface area contributed by atoms with Gasteiger partial charge in [0.2, 0.25) is 0 Å². The van der Waals surface area contributed by atoms with Crippen LogP contribution in [0.4, 0.5) is 0 Å². The molecule has 0 aliphatic heterocycles. The summed E-state index contributed by atoms with van der Waals surface area (Å²) < 4.78 is 0. The van der Waals surface area contributed by atoms with Crippen LogP contribution in [0.2, 0.25) is 0 Å². The van der Waals surface area contributed by atoms with Gasteiger partial charge in [0.15, 0.2) is 0 Å². The maximum Gasteiger partial charge on any atom is 0.113 e. The van der Waals surface area contributed by atoms with Crippen LogP contribution in [-0.4, -0.2) is 15.2 Å². The van der Waals surface area contributed by atoms with Crippen LogP contribution in [0.25, 0.3) is 0 Å². The van der Waals surface area contributed by atoms with Crippen LogP contribution >= 0.6 is 0 Å². The van der Waals surface area contributed by atoms with E-state index in [0.717, 1.165) is 6.61 Å². The summed E-state index contributed by atoms with van der Waals surface area (Å²) in [6.45, 7) is 0.731. The first-order valence-corrected chi connectivity index (χ1v) is 2.90. The van der Waals surface area contributed by atoms with E-state index in [2.05, 4.69) is 4.98 Å². The Morgan fingerprint density at radius 3 is 2.50 bits per heavy atom. The molecule has 0 amide bonds. The number of aliphatic hydroxyl groups excluding tert-OH is 2. The maximum atomic E-state index is 9.00. The lowest BCUT2D eigenvalue weighted by Crippen LogP contribution is -1.96. The van der Waals surface area contributed by atoms with E-state index in [1.54, 1.807) is 24.5 Å². The molecule has 0 bridgehead atoms. The average molecular weight is 138 g/mol. The summed E-state index contributed by atoms with van der Waals surface area (Å²) in [6, 6.07) is 3.27. The minimum atomic E-state index is -0.900. The Balaban J connectivity index is 2.75. The molecule has 3 nitrogen and oxygen atoms in total. The standard InChI is InChI=1S/C7H8NO2/c9-5-7(10)6-1-3-8-4-2-6/h1-5,7,9-10H. The molecule has 3 heteroatoms. The normalized spacial score (nSPS) is 13.0. The van der Waals surface area contributed by atoms with Crippen molar-refractivity contribution in [2.24, 2.45) is 0 Å². The van der Waals surface area contributed by atoms with E-state index in [9.17, 15) is 0 Å². The van der Waals surface area contributed by atoms with E-state index in [-0.39, 0.29) is 0 Å². The van der Waals surface area contributed by atoms with E-state index >= 15 is 0 Å². The molecule has 0 saturated heterocycles. The predicted molar refractivity (Wildman–Crippen MR) is 35.4 cm³/mol. The summed E-state index contributed by atoms with van der Waals surface area (Å²) in [6.07, 6.45) is 2.22. The first-order chi connectivity index (χ1) is 4.84. The topological polar surface area (TPSA) is 53.4 Å². The quantitative estimate of drug-likeness (QED) is 0.630. The Kier molecular flexibility index (Phi) is 2.36. The lowest BCUT2D eigenvalue weighted by molar-refractivity contribution is 0.146. The van der Waals surface area contributed by atoms with Crippen molar-refractivity contribution >= 4 is 0 Å². The molecule has 0 saturated carbocycles. The van der Waals surface area contributed by atoms with Gasteiger partial charge in [-0.05, 0) is 17.7 Å². The van der Waals surface area contributed by atoms with Crippen molar-refractivity contribution in [2.45, 2.75) is 6.10 Å². The van der Waals surface area contributed by atoms with Crippen molar-refractivity contribution in [2.75, 3.05) is 0 Å². The second-order valence-electron chi connectivity index (χ2n) is 1.87. The molecule has 0 spiro atoms. The van der Waals surface area contributed by atoms with Crippen molar-refractivity contribution in [3.8, 4) is 0 Å². The van der Waals surface area contributed by atoms with Gasteiger partial charge in [0.05, 0.1) is 0 Å². The third-order valence-electron chi connectivity index (χ3n) is 1.19. The molecule has 10 heavy (non-hydrogen) atoms. The smallest absolute Gasteiger partial charge is 0.113 e. The summed E-state index contributed by atoms with van der Waals surface area (Å²) in [5.74, 6) is 0. The van der Waals surface area contributed by atoms with Crippen LogP contribution in [0.15, 0.2) is 24.5 Å². The van der Waals surface area contributed by atoms with Crippen molar-refractivity contribution in [3.05, 3.63) is 36.7 Å². The molecule has 1 aromatic heterocycles. The number of aromatic nitrogens is 1. The zero-order valence-electron chi connectivity index (χ0n) is 5.31. The largest absolute Gasteiger partial charge is 0.387 e. The summed E-state index contributed by atoms with van der Waals surface area (Å²) in [4.78, 5) is 3.76. The summed E-state index contributed by atoms with van der Waals surface area (Å²) in [7, 11) is 0. The third-order valence-corrected chi connectivity index (χ3v) is 1.19. The Morgan fingerprint density at radius 2 is 2.00 bits per heavy atom. The van der Waals surface area contributed by atoms with Gasteiger partial charge in [-0.2, -0.15) is 0 Å². The molecule has 0 aliphatic carbocycles. The third kappa shape index (κ3) is 1.52. The minimum Gasteiger partial charge on any atom is -0.387 e. The first-order valence-electron chi connectivity index (χ1n) is 2.90. The molecule has 1 heterocycles. The number of nitrogens with zero attached hydrogens (tertiary/aromatic N) is 1. The van der Waals surface area contributed by atoms with Crippen molar-refractivity contribution < 1.29 is 10.2 Å². The average Bonchev–Trinajstić information content (AvgIpc) is 2.05. The molecule has 1 radical (unpaired) electrons. The molecule has 0 aromatic carbocycles. The van der Waals surface area contributed by atoms with Gasteiger partial charge in [-0.1, -0.05) is 0 Å². The zero-order chi connectivity index (χ0) is 7.40. The number of rotatable bonds is 2. The Bertz CT molecular complexity index is 188. The van der Waals surface area contributed by atoms with Gasteiger partial charge >= 0.3 is 0 Å². The van der Waals surface area contributed by atoms with E-state index in [0.29, 0.717) is 5.56 Å². The number of hydrogen-bond donors (Lipinski definition) is 2. The van der Waals surface area contributed by atoms with E-state index < -0.39 is 6.10 Å². The predicted octanol–water partition coefficient (Wildman–Crippen LogP) is 0.649. The lowest BCUT2D eigenvalue weighted by Gasteiger charge is -2.03. The molecular formula is C7H8NO2. The molecular weight excluding hydrogens is 130 g/mol. The van der Waals surface area contributed by atoms with Crippen molar-refractivity contribution in [1.29, 1.82) is 0 Å². The van der Waals surface area contributed by atoms with Crippen LogP contribution in [0.5, 0.6) is 0 Å². The van der Waals surface area contributed by atoms with Gasteiger partial charge in [-0.15, -0.1) is 0 Å². The fourth-order valence-corrected chi connectivity index (χ4v) is 0.647. The molecule has 1 unspecified atom stereocenters. The summed E-state index contributed by atoms with van der Waals surface area (Å²) in [5.41, 5.74) is 0.637. The molecule has 0 fully saturated rings. The molecule has 53 valence electrons. The minimum absolute atomic E-state index is 0.637. The molecule has 0 aliphatic rings. The fourth-order valence-electron chi connectivity index (χ4n) is 0.647. The Labute approximate surface area is 59.0 Å². The Hall–Kier alpha value is -0.930. The van der Waals surface area contributed by atoms with Gasteiger partial charge in [-0.3, -0.25) is 4.98 Å². The highest BCUT2D eigenvalue weighted by Gasteiger charge is 2.03. The van der Waals surface area contributed by atoms with Gasteiger partial charge in [0.1, 0.15) is 12.7 Å². The Morgan fingerprint density at radius 1 is 1.40 bits per heavy atom. The van der Waals surface area contributed by atoms with Crippen LogP contribution in [0, 0.1) is 6.61 Å². The lowest BCUT2D eigenvalue weighted by atomic mass is 10.2. The first kappa shape index (κ1) is 7.18. The number of aliphatic hydroxyl groups is 2. The monoisotopic (exact) mass is 138 g/mol. The fraction of sp³-hybridized carbons (Fsp3) is 0.143. The SMILES string of the molecule is O[CH]C(O)c1ccncc1. The molecule has 1 aromatic rings.